The minimum Gasteiger partial charge on any atom is -0.472 e. The van der Waals surface area contributed by atoms with Crippen molar-refractivity contribution in [2.45, 2.75) is 25.8 Å². The molecule has 1 aromatic heterocycles. The molecule has 0 unspecified atom stereocenters. The number of hydrogen-bond donors (Lipinski definition) is 1. The number of rotatable bonds is 5. The molecule has 0 saturated carbocycles. The van der Waals surface area contributed by atoms with Crippen molar-refractivity contribution in [3.8, 4) is 0 Å². The molecular weight excluding hydrogens is 245 g/mol. The van der Waals surface area contributed by atoms with Gasteiger partial charge in [-0.15, -0.1) is 0 Å². The molecule has 1 aromatic carbocycles. The van der Waals surface area contributed by atoms with Crippen molar-refractivity contribution in [3.05, 3.63) is 59.8 Å². The molecule has 2 rings (SSSR count). The second-order valence-electron chi connectivity index (χ2n) is 4.61. The van der Waals surface area contributed by atoms with Crippen molar-refractivity contribution < 1.29 is 13.6 Å². The lowest BCUT2D eigenvalue weighted by Crippen LogP contribution is -2.35. The largest absolute Gasteiger partial charge is 0.472 e. The van der Waals surface area contributed by atoms with Gasteiger partial charge in [-0.25, -0.2) is 4.39 Å². The Morgan fingerprint density at radius 3 is 2.63 bits per heavy atom. The predicted molar refractivity (Wildman–Crippen MR) is 70.1 cm³/mol. The smallest absolute Gasteiger partial charge is 0.224 e. The van der Waals surface area contributed by atoms with Crippen LogP contribution in [0.1, 0.15) is 18.1 Å². The van der Waals surface area contributed by atoms with Crippen molar-refractivity contribution in [1.82, 2.24) is 5.32 Å². The zero-order valence-electron chi connectivity index (χ0n) is 10.7. The summed E-state index contributed by atoms with van der Waals surface area (Å²) in [5.41, 5.74) is 1.85. The molecule has 3 nitrogen and oxygen atoms in total. The second kappa shape index (κ2) is 6.18. The number of carbonyl (C=O) groups is 1. The number of hydrogen-bond acceptors (Lipinski definition) is 2. The Balaban J connectivity index is 1.82. The fourth-order valence-electron chi connectivity index (χ4n) is 1.93. The Labute approximate surface area is 111 Å². The van der Waals surface area contributed by atoms with Gasteiger partial charge in [0.05, 0.1) is 18.9 Å². The highest BCUT2D eigenvalue weighted by molar-refractivity contribution is 5.78. The summed E-state index contributed by atoms with van der Waals surface area (Å²) >= 11 is 0. The summed E-state index contributed by atoms with van der Waals surface area (Å²) in [6, 6.07) is 7.87. The number of nitrogens with one attached hydrogen (secondary N) is 1. The number of furan rings is 1. The Morgan fingerprint density at radius 2 is 2.00 bits per heavy atom. The van der Waals surface area contributed by atoms with E-state index < -0.39 is 0 Å². The molecule has 0 bridgehead atoms. The number of benzene rings is 1. The van der Waals surface area contributed by atoms with Gasteiger partial charge in [0.15, 0.2) is 0 Å². The van der Waals surface area contributed by atoms with Gasteiger partial charge in [0.25, 0.3) is 0 Å². The molecule has 1 atom stereocenters. The summed E-state index contributed by atoms with van der Waals surface area (Å²) in [4.78, 5) is 11.8. The highest BCUT2D eigenvalue weighted by atomic mass is 19.1. The van der Waals surface area contributed by atoms with Crippen molar-refractivity contribution in [2.24, 2.45) is 0 Å². The van der Waals surface area contributed by atoms with Crippen molar-refractivity contribution in [3.63, 3.8) is 0 Å². The third-order valence-corrected chi connectivity index (χ3v) is 2.81. The fourth-order valence-corrected chi connectivity index (χ4v) is 1.93. The fraction of sp³-hybridized carbons (Fsp3) is 0.267. The lowest BCUT2D eigenvalue weighted by Gasteiger charge is -2.12. The highest BCUT2D eigenvalue weighted by Crippen LogP contribution is 2.06. The molecule has 0 saturated heterocycles. The predicted octanol–water partition coefficient (Wildman–Crippen LogP) is 2.71. The number of carbonyl (C=O) groups excluding carboxylic acids is 1. The highest BCUT2D eigenvalue weighted by Gasteiger charge is 2.09. The van der Waals surface area contributed by atoms with E-state index in [4.69, 9.17) is 4.42 Å². The van der Waals surface area contributed by atoms with Crippen LogP contribution in [-0.2, 0) is 17.6 Å². The first-order valence-electron chi connectivity index (χ1n) is 6.18. The zero-order chi connectivity index (χ0) is 13.7. The lowest BCUT2D eigenvalue weighted by molar-refractivity contribution is -0.121. The van der Waals surface area contributed by atoms with Crippen LogP contribution in [0.25, 0.3) is 0 Å². The Hall–Kier alpha value is -2.10. The third-order valence-electron chi connectivity index (χ3n) is 2.81. The molecule has 19 heavy (non-hydrogen) atoms. The monoisotopic (exact) mass is 261 g/mol. The molecule has 2 aromatic rings. The molecule has 0 radical (unpaired) electrons. The first-order valence-corrected chi connectivity index (χ1v) is 6.18. The second-order valence-corrected chi connectivity index (χ2v) is 4.61. The van der Waals surface area contributed by atoms with Gasteiger partial charge < -0.3 is 9.73 Å². The van der Waals surface area contributed by atoms with Gasteiger partial charge in [-0.05, 0) is 42.7 Å². The van der Waals surface area contributed by atoms with Crippen LogP contribution < -0.4 is 5.32 Å². The lowest BCUT2D eigenvalue weighted by atomic mass is 10.1. The van der Waals surface area contributed by atoms with Gasteiger partial charge in [0.2, 0.25) is 5.91 Å². The Kier molecular flexibility index (Phi) is 4.34. The van der Waals surface area contributed by atoms with Crippen molar-refractivity contribution in [2.75, 3.05) is 0 Å². The van der Waals surface area contributed by atoms with Gasteiger partial charge in [-0.2, -0.15) is 0 Å². The average Bonchev–Trinajstić information content (AvgIpc) is 2.84. The van der Waals surface area contributed by atoms with Crippen molar-refractivity contribution in [1.29, 1.82) is 0 Å². The summed E-state index contributed by atoms with van der Waals surface area (Å²) in [7, 11) is 0. The van der Waals surface area contributed by atoms with E-state index >= 15 is 0 Å². The van der Waals surface area contributed by atoms with E-state index in [0.717, 1.165) is 17.5 Å². The number of halogens is 1. The van der Waals surface area contributed by atoms with Gasteiger partial charge in [0.1, 0.15) is 5.82 Å². The summed E-state index contributed by atoms with van der Waals surface area (Å²) in [6.07, 6.45) is 4.27. The van der Waals surface area contributed by atoms with Crippen LogP contribution in [0.2, 0.25) is 0 Å². The molecule has 0 aliphatic rings. The first kappa shape index (κ1) is 13.3. The van der Waals surface area contributed by atoms with Gasteiger partial charge >= 0.3 is 0 Å². The normalized spacial score (nSPS) is 12.1. The zero-order valence-corrected chi connectivity index (χ0v) is 10.7. The molecule has 1 N–H and O–H groups in total. The minimum atomic E-state index is -0.294. The molecule has 100 valence electrons. The maximum atomic E-state index is 12.7. The van der Waals surface area contributed by atoms with Gasteiger partial charge in [-0.1, -0.05) is 12.1 Å². The SMILES string of the molecule is C[C@@H](Cc1ccoc1)NC(=O)Cc1ccc(F)cc1. The van der Waals surface area contributed by atoms with Crippen LogP contribution in [0, 0.1) is 5.82 Å². The van der Waals surface area contributed by atoms with Crippen LogP contribution >= 0.6 is 0 Å². The quantitative estimate of drug-likeness (QED) is 0.899. The minimum absolute atomic E-state index is 0.0329. The maximum Gasteiger partial charge on any atom is 0.224 e. The van der Waals surface area contributed by atoms with E-state index in [1.807, 2.05) is 13.0 Å². The molecule has 0 fully saturated rings. The molecule has 4 heteroatoms. The van der Waals surface area contributed by atoms with E-state index in [0.29, 0.717) is 0 Å². The summed E-state index contributed by atoms with van der Waals surface area (Å²) < 4.78 is 17.7. The van der Waals surface area contributed by atoms with Crippen molar-refractivity contribution >= 4 is 5.91 Å². The van der Waals surface area contributed by atoms with E-state index in [-0.39, 0.29) is 24.2 Å². The van der Waals surface area contributed by atoms with Crippen LogP contribution in [0.3, 0.4) is 0 Å². The molecule has 0 spiro atoms. The van der Waals surface area contributed by atoms with Crippen LogP contribution in [0.5, 0.6) is 0 Å². The summed E-state index contributed by atoms with van der Waals surface area (Å²) in [5, 5.41) is 2.91. The van der Waals surface area contributed by atoms with Crippen LogP contribution in [-0.4, -0.2) is 11.9 Å². The standard InChI is InChI=1S/C15H16FNO2/c1-11(8-13-6-7-19-10-13)17-15(18)9-12-2-4-14(16)5-3-12/h2-7,10-11H,8-9H2,1H3,(H,17,18)/t11-/m0/s1. The molecular formula is C15H16FNO2. The van der Waals surface area contributed by atoms with E-state index in [2.05, 4.69) is 5.32 Å². The first-order chi connectivity index (χ1) is 9.13. The molecule has 0 aliphatic carbocycles. The van der Waals surface area contributed by atoms with E-state index in [1.165, 1.54) is 12.1 Å². The summed E-state index contributed by atoms with van der Waals surface area (Å²) in [5.74, 6) is -0.361. The summed E-state index contributed by atoms with van der Waals surface area (Å²) in [6.45, 7) is 1.94. The van der Waals surface area contributed by atoms with E-state index in [1.54, 1.807) is 24.7 Å². The molecule has 1 heterocycles. The average molecular weight is 261 g/mol. The van der Waals surface area contributed by atoms with Gasteiger partial charge in [0, 0.05) is 6.04 Å². The van der Waals surface area contributed by atoms with E-state index in [9.17, 15) is 9.18 Å². The van der Waals surface area contributed by atoms with Gasteiger partial charge in [-0.3, -0.25) is 4.79 Å². The maximum absolute atomic E-state index is 12.7. The Bertz CT molecular complexity index is 520. The topological polar surface area (TPSA) is 42.2 Å². The molecule has 1 amide bonds. The third kappa shape index (κ3) is 4.25. The van der Waals surface area contributed by atoms with Crippen LogP contribution in [0.15, 0.2) is 47.3 Å². The van der Waals surface area contributed by atoms with Crippen LogP contribution in [0.4, 0.5) is 4.39 Å². The molecule has 0 aliphatic heterocycles. The number of amides is 1. The Morgan fingerprint density at radius 1 is 1.26 bits per heavy atom.